The van der Waals surface area contributed by atoms with E-state index in [2.05, 4.69) is 40.3 Å². The van der Waals surface area contributed by atoms with Gasteiger partial charge in [0.05, 0.1) is 11.7 Å². The third kappa shape index (κ3) is 3.57. The molecule has 1 N–H and O–H groups in total. The first-order valence-corrected chi connectivity index (χ1v) is 7.17. The molecule has 0 spiro atoms. The van der Waals surface area contributed by atoms with Gasteiger partial charge in [0.25, 0.3) is 0 Å². The fourth-order valence-corrected chi connectivity index (χ4v) is 2.49. The van der Waals surface area contributed by atoms with Crippen molar-refractivity contribution in [2.24, 2.45) is 0 Å². The van der Waals surface area contributed by atoms with Crippen molar-refractivity contribution >= 4 is 21.6 Å². The molecule has 2 rings (SSSR count). The van der Waals surface area contributed by atoms with E-state index in [4.69, 9.17) is 0 Å². The Morgan fingerprint density at radius 1 is 1.21 bits per heavy atom. The molecule has 1 atom stereocenters. The zero-order valence-corrected chi connectivity index (χ0v) is 12.7. The second-order valence-corrected chi connectivity index (χ2v) is 5.56. The molecule has 1 nitrogen and oxygen atoms in total. The van der Waals surface area contributed by atoms with Crippen LogP contribution in [0.5, 0.6) is 0 Å². The van der Waals surface area contributed by atoms with Crippen LogP contribution in [0.2, 0.25) is 0 Å². The van der Waals surface area contributed by atoms with E-state index in [1.165, 1.54) is 0 Å². The average molecular weight is 322 g/mol. The highest BCUT2D eigenvalue weighted by Gasteiger charge is 2.11. The summed E-state index contributed by atoms with van der Waals surface area (Å²) in [6, 6.07) is 13.5. The van der Waals surface area contributed by atoms with Crippen molar-refractivity contribution in [2.75, 3.05) is 5.32 Å². The van der Waals surface area contributed by atoms with Crippen molar-refractivity contribution in [3.63, 3.8) is 0 Å². The van der Waals surface area contributed by atoms with Crippen molar-refractivity contribution in [3.8, 4) is 0 Å². The van der Waals surface area contributed by atoms with Gasteiger partial charge >= 0.3 is 0 Å². The minimum Gasteiger partial charge on any atom is -0.376 e. The molecule has 3 heteroatoms. The van der Waals surface area contributed by atoms with Gasteiger partial charge in [-0.3, -0.25) is 0 Å². The number of benzene rings is 2. The summed E-state index contributed by atoms with van der Waals surface area (Å²) in [7, 11) is 0. The Kier molecular flexibility index (Phi) is 4.59. The molecule has 0 aliphatic heterocycles. The molecule has 0 heterocycles. The van der Waals surface area contributed by atoms with Crippen LogP contribution < -0.4 is 5.32 Å². The maximum atomic E-state index is 13.9. The predicted molar refractivity (Wildman–Crippen MR) is 81.9 cm³/mol. The Morgan fingerprint density at radius 2 is 2.00 bits per heavy atom. The van der Waals surface area contributed by atoms with Crippen LogP contribution in [0.1, 0.15) is 30.5 Å². The number of hydrogen-bond donors (Lipinski definition) is 1. The van der Waals surface area contributed by atoms with Gasteiger partial charge in [-0.25, -0.2) is 4.39 Å². The topological polar surface area (TPSA) is 12.0 Å². The van der Waals surface area contributed by atoms with Crippen molar-refractivity contribution in [1.82, 2.24) is 0 Å². The van der Waals surface area contributed by atoms with Crippen LogP contribution in [-0.2, 0) is 0 Å². The molecule has 2 aromatic rings. The van der Waals surface area contributed by atoms with Gasteiger partial charge in [-0.05, 0) is 48.7 Å². The molecule has 0 amide bonds. The molecule has 0 aromatic heterocycles. The fraction of sp³-hybridized carbons (Fsp3) is 0.250. The quantitative estimate of drug-likeness (QED) is 0.788. The lowest BCUT2D eigenvalue weighted by Crippen LogP contribution is -2.10. The Hall–Kier alpha value is -1.35. The summed E-state index contributed by atoms with van der Waals surface area (Å²) in [5, 5.41) is 3.27. The van der Waals surface area contributed by atoms with E-state index in [0.29, 0.717) is 5.69 Å². The van der Waals surface area contributed by atoms with Gasteiger partial charge in [-0.2, -0.15) is 0 Å². The van der Waals surface area contributed by atoms with Crippen LogP contribution in [0.15, 0.2) is 46.9 Å². The molecular formula is C16H17BrFN. The summed E-state index contributed by atoms with van der Waals surface area (Å²) in [6.45, 7) is 3.98. The second kappa shape index (κ2) is 6.20. The molecular weight excluding hydrogens is 305 g/mol. The Balaban J connectivity index is 2.24. The van der Waals surface area contributed by atoms with Crippen molar-refractivity contribution in [3.05, 3.63) is 63.9 Å². The van der Waals surface area contributed by atoms with Crippen molar-refractivity contribution < 1.29 is 4.39 Å². The van der Waals surface area contributed by atoms with E-state index in [1.54, 1.807) is 12.1 Å². The highest BCUT2D eigenvalue weighted by molar-refractivity contribution is 9.10. The highest BCUT2D eigenvalue weighted by Crippen LogP contribution is 2.26. The monoisotopic (exact) mass is 321 g/mol. The van der Waals surface area contributed by atoms with E-state index < -0.39 is 0 Å². The number of nitrogens with one attached hydrogen (secondary N) is 1. The average Bonchev–Trinajstić information content (AvgIpc) is 2.38. The second-order valence-electron chi connectivity index (χ2n) is 4.64. The predicted octanol–water partition coefficient (Wildman–Crippen LogP) is 5.46. The SMILES string of the molecule is CCC(Nc1ccc(C)cc1F)c1cccc(Br)c1. The number of hydrogen-bond acceptors (Lipinski definition) is 1. The first-order valence-electron chi connectivity index (χ1n) is 6.38. The molecule has 0 radical (unpaired) electrons. The molecule has 19 heavy (non-hydrogen) atoms. The molecule has 0 fully saturated rings. The fourth-order valence-electron chi connectivity index (χ4n) is 2.07. The zero-order chi connectivity index (χ0) is 13.8. The van der Waals surface area contributed by atoms with Gasteiger partial charge < -0.3 is 5.32 Å². The third-order valence-corrected chi connectivity index (χ3v) is 3.61. The maximum Gasteiger partial charge on any atom is 0.146 e. The number of halogens is 2. The number of aryl methyl sites for hydroxylation is 1. The van der Waals surface area contributed by atoms with Crippen LogP contribution in [0.4, 0.5) is 10.1 Å². The van der Waals surface area contributed by atoms with Crippen molar-refractivity contribution in [2.45, 2.75) is 26.3 Å². The Labute approximate surface area is 122 Å². The van der Waals surface area contributed by atoms with Crippen LogP contribution >= 0.6 is 15.9 Å². The van der Waals surface area contributed by atoms with E-state index in [9.17, 15) is 4.39 Å². The summed E-state index contributed by atoms with van der Waals surface area (Å²) in [5.74, 6) is -0.201. The summed E-state index contributed by atoms with van der Waals surface area (Å²) < 4.78 is 14.9. The van der Waals surface area contributed by atoms with Gasteiger partial charge in [0.15, 0.2) is 0 Å². The lowest BCUT2D eigenvalue weighted by molar-refractivity contribution is 0.622. The van der Waals surface area contributed by atoms with Crippen LogP contribution in [-0.4, -0.2) is 0 Å². The molecule has 100 valence electrons. The standard InChI is InChI=1S/C16H17BrFN/c1-3-15(12-5-4-6-13(17)10-12)19-16-8-7-11(2)9-14(16)18/h4-10,15,19H,3H2,1-2H3. The van der Waals surface area contributed by atoms with Gasteiger partial charge in [0.1, 0.15) is 5.82 Å². The molecule has 0 saturated carbocycles. The first kappa shape index (κ1) is 14.1. The number of rotatable bonds is 4. The van der Waals surface area contributed by atoms with Gasteiger partial charge in [0, 0.05) is 4.47 Å². The number of anilines is 1. The van der Waals surface area contributed by atoms with Gasteiger partial charge in [-0.15, -0.1) is 0 Å². The minimum absolute atomic E-state index is 0.106. The first-order chi connectivity index (χ1) is 9.10. The van der Waals surface area contributed by atoms with E-state index in [1.807, 2.05) is 25.1 Å². The Morgan fingerprint density at radius 3 is 2.63 bits per heavy atom. The third-order valence-electron chi connectivity index (χ3n) is 3.11. The molecule has 0 aliphatic carbocycles. The molecule has 0 aliphatic rings. The molecule has 0 bridgehead atoms. The summed E-state index contributed by atoms with van der Waals surface area (Å²) >= 11 is 3.47. The van der Waals surface area contributed by atoms with E-state index in [-0.39, 0.29) is 11.9 Å². The normalized spacial score (nSPS) is 12.2. The molecule has 0 saturated heterocycles. The van der Waals surface area contributed by atoms with E-state index in [0.717, 1.165) is 22.0 Å². The van der Waals surface area contributed by atoms with Gasteiger partial charge in [0.2, 0.25) is 0 Å². The largest absolute Gasteiger partial charge is 0.376 e. The lowest BCUT2D eigenvalue weighted by Gasteiger charge is -2.19. The van der Waals surface area contributed by atoms with Crippen LogP contribution in [0.3, 0.4) is 0 Å². The molecule has 2 aromatic carbocycles. The van der Waals surface area contributed by atoms with Crippen molar-refractivity contribution in [1.29, 1.82) is 0 Å². The highest BCUT2D eigenvalue weighted by atomic mass is 79.9. The van der Waals surface area contributed by atoms with E-state index >= 15 is 0 Å². The summed E-state index contributed by atoms with van der Waals surface area (Å²) in [4.78, 5) is 0. The maximum absolute atomic E-state index is 13.9. The van der Waals surface area contributed by atoms with Crippen LogP contribution in [0, 0.1) is 12.7 Å². The zero-order valence-electron chi connectivity index (χ0n) is 11.1. The smallest absolute Gasteiger partial charge is 0.146 e. The summed E-state index contributed by atoms with van der Waals surface area (Å²) in [6.07, 6.45) is 0.893. The Bertz CT molecular complexity index is 568. The van der Waals surface area contributed by atoms with Crippen LogP contribution in [0.25, 0.3) is 0 Å². The van der Waals surface area contributed by atoms with Gasteiger partial charge in [-0.1, -0.05) is 41.1 Å². The molecule has 1 unspecified atom stereocenters. The minimum atomic E-state index is -0.201. The summed E-state index contributed by atoms with van der Waals surface area (Å²) in [5.41, 5.74) is 2.63. The lowest BCUT2D eigenvalue weighted by atomic mass is 10.0.